The van der Waals surface area contributed by atoms with Gasteiger partial charge in [-0.3, -0.25) is 4.79 Å². The summed E-state index contributed by atoms with van der Waals surface area (Å²) in [7, 11) is 0. The van der Waals surface area contributed by atoms with Gasteiger partial charge in [-0.1, -0.05) is 6.07 Å². The molecule has 1 aromatic rings. The van der Waals surface area contributed by atoms with Gasteiger partial charge in [0.1, 0.15) is 0 Å². The third-order valence-corrected chi connectivity index (χ3v) is 3.75. The van der Waals surface area contributed by atoms with E-state index in [4.69, 9.17) is 4.74 Å². The number of carbonyl (C=O) groups excluding carboxylic acids is 1. The molecule has 1 amide bonds. The zero-order valence-corrected chi connectivity index (χ0v) is 12.8. The largest absolute Gasteiger partial charge is 0.378 e. The SMILES string of the molecule is Cc1cc(C)c(NC(=O)CC2COCCN2)c(Br)c1. The van der Waals surface area contributed by atoms with Crippen molar-refractivity contribution in [3.63, 3.8) is 0 Å². The fourth-order valence-corrected chi connectivity index (χ4v) is 3.01. The first-order valence-corrected chi connectivity index (χ1v) is 7.23. The molecule has 2 N–H and O–H groups in total. The first kappa shape index (κ1) is 14.5. The number of hydrogen-bond acceptors (Lipinski definition) is 3. The molecule has 0 radical (unpaired) electrons. The fourth-order valence-electron chi connectivity index (χ4n) is 2.24. The number of morpholine rings is 1. The Morgan fingerprint density at radius 3 is 2.95 bits per heavy atom. The van der Waals surface area contributed by atoms with Gasteiger partial charge in [-0.15, -0.1) is 0 Å². The van der Waals surface area contributed by atoms with Crippen molar-refractivity contribution in [2.75, 3.05) is 25.1 Å². The van der Waals surface area contributed by atoms with Gasteiger partial charge < -0.3 is 15.4 Å². The highest BCUT2D eigenvalue weighted by Gasteiger charge is 2.18. The van der Waals surface area contributed by atoms with Gasteiger partial charge in [0.25, 0.3) is 0 Å². The van der Waals surface area contributed by atoms with Crippen LogP contribution in [-0.2, 0) is 9.53 Å². The van der Waals surface area contributed by atoms with E-state index in [1.54, 1.807) is 0 Å². The Morgan fingerprint density at radius 2 is 2.32 bits per heavy atom. The van der Waals surface area contributed by atoms with E-state index < -0.39 is 0 Å². The molecular weight excluding hydrogens is 308 g/mol. The Labute approximate surface area is 122 Å². The summed E-state index contributed by atoms with van der Waals surface area (Å²) in [6.45, 7) is 6.16. The van der Waals surface area contributed by atoms with Gasteiger partial charge in [0.2, 0.25) is 5.91 Å². The molecule has 0 aliphatic carbocycles. The maximum atomic E-state index is 12.0. The van der Waals surface area contributed by atoms with Crippen LogP contribution >= 0.6 is 15.9 Å². The van der Waals surface area contributed by atoms with E-state index in [1.165, 1.54) is 5.56 Å². The number of aryl methyl sites for hydroxylation is 2. The molecule has 2 rings (SSSR count). The molecule has 1 aliphatic heterocycles. The molecule has 1 saturated heterocycles. The molecule has 1 aliphatic rings. The predicted octanol–water partition coefficient (Wildman–Crippen LogP) is 2.38. The van der Waals surface area contributed by atoms with Crippen LogP contribution in [0.3, 0.4) is 0 Å². The van der Waals surface area contributed by atoms with Gasteiger partial charge in [-0.25, -0.2) is 0 Å². The smallest absolute Gasteiger partial charge is 0.226 e. The number of rotatable bonds is 3. The molecule has 0 spiro atoms. The molecule has 1 fully saturated rings. The van der Waals surface area contributed by atoms with Crippen molar-refractivity contribution < 1.29 is 9.53 Å². The van der Waals surface area contributed by atoms with E-state index in [2.05, 4.69) is 32.6 Å². The Kier molecular flexibility index (Phi) is 4.96. The van der Waals surface area contributed by atoms with Crippen LogP contribution in [0.2, 0.25) is 0 Å². The summed E-state index contributed by atoms with van der Waals surface area (Å²) in [5.41, 5.74) is 3.09. The van der Waals surface area contributed by atoms with Crippen LogP contribution in [0.5, 0.6) is 0 Å². The Hall–Kier alpha value is -0.910. The molecule has 104 valence electrons. The number of carbonyl (C=O) groups is 1. The monoisotopic (exact) mass is 326 g/mol. The van der Waals surface area contributed by atoms with E-state index in [9.17, 15) is 4.79 Å². The summed E-state index contributed by atoms with van der Waals surface area (Å²) in [6, 6.07) is 4.17. The van der Waals surface area contributed by atoms with Crippen LogP contribution in [0.1, 0.15) is 17.5 Å². The molecule has 0 bridgehead atoms. The minimum Gasteiger partial charge on any atom is -0.378 e. The van der Waals surface area contributed by atoms with Crippen LogP contribution in [0, 0.1) is 13.8 Å². The molecule has 19 heavy (non-hydrogen) atoms. The Morgan fingerprint density at radius 1 is 1.53 bits per heavy atom. The Balaban J connectivity index is 1.98. The lowest BCUT2D eigenvalue weighted by molar-refractivity contribution is -0.117. The highest BCUT2D eigenvalue weighted by atomic mass is 79.9. The minimum atomic E-state index is 0.00986. The second-order valence-corrected chi connectivity index (χ2v) is 5.77. The predicted molar refractivity (Wildman–Crippen MR) is 79.5 cm³/mol. The van der Waals surface area contributed by atoms with E-state index in [1.807, 2.05) is 19.9 Å². The molecule has 4 nitrogen and oxygen atoms in total. The average molecular weight is 327 g/mol. The van der Waals surface area contributed by atoms with Gasteiger partial charge in [-0.2, -0.15) is 0 Å². The lowest BCUT2D eigenvalue weighted by Gasteiger charge is -2.23. The molecule has 0 aromatic heterocycles. The molecule has 1 heterocycles. The van der Waals surface area contributed by atoms with Gasteiger partial charge in [0, 0.05) is 23.5 Å². The number of ether oxygens (including phenoxy) is 1. The molecule has 0 saturated carbocycles. The number of halogens is 1. The van der Waals surface area contributed by atoms with Crippen molar-refractivity contribution in [2.24, 2.45) is 0 Å². The number of hydrogen-bond donors (Lipinski definition) is 2. The number of benzene rings is 1. The van der Waals surface area contributed by atoms with Gasteiger partial charge in [-0.05, 0) is 47.0 Å². The standard InChI is InChI=1S/C14H19BrN2O2/c1-9-5-10(2)14(12(15)6-9)17-13(18)7-11-8-19-4-3-16-11/h5-6,11,16H,3-4,7-8H2,1-2H3,(H,17,18). The zero-order chi connectivity index (χ0) is 13.8. The number of amides is 1. The van der Waals surface area contributed by atoms with Crippen LogP contribution in [0.4, 0.5) is 5.69 Å². The van der Waals surface area contributed by atoms with Crippen LogP contribution in [-0.4, -0.2) is 31.7 Å². The van der Waals surface area contributed by atoms with Gasteiger partial charge in [0.15, 0.2) is 0 Å². The van der Waals surface area contributed by atoms with Crippen LogP contribution in [0.25, 0.3) is 0 Å². The topological polar surface area (TPSA) is 50.4 Å². The summed E-state index contributed by atoms with van der Waals surface area (Å²) in [6.07, 6.45) is 0.430. The second kappa shape index (κ2) is 6.50. The number of anilines is 1. The van der Waals surface area contributed by atoms with Crippen molar-refractivity contribution in [1.29, 1.82) is 0 Å². The lowest BCUT2D eigenvalue weighted by Crippen LogP contribution is -2.43. The second-order valence-electron chi connectivity index (χ2n) is 4.92. The van der Waals surface area contributed by atoms with Gasteiger partial charge in [0.05, 0.1) is 18.9 Å². The van der Waals surface area contributed by atoms with Crippen LogP contribution < -0.4 is 10.6 Å². The van der Waals surface area contributed by atoms with E-state index in [0.29, 0.717) is 13.0 Å². The lowest BCUT2D eigenvalue weighted by atomic mass is 10.1. The molecule has 1 aromatic carbocycles. The highest BCUT2D eigenvalue weighted by molar-refractivity contribution is 9.10. The summed E-state index contributed by atoms with van der Waals surface area (Å²) < 4.78 is 6.27. The third kappa shape index (κ3) is 4.03. The Bertz CT molecular complexity index is 448. The van der Waals surface area contributed by atoms with Crippen molar-refractivity contribution in [2.45, 2.75) is 26.3 Å². The highest BCUT2D eigenvalue weighted by Crippen LogP contribution is 2.27. The van der Waals surface area contributed by atoms with Crippen molar-refractivity contribution in [1.82, 2.24) is 5.32 Å². The van der Waals surface area contributed by atoms with E-state index >= 15 is 0 Å². The minimum absolute atomic E-state index is 0.00986. The zero-order valence-electron chi connectivity index (χ0n) is 11.3. The quantitative estimate of drug-likeness (QED) is 0.896. The van der Waals surface area contributed by atoms with E-state index in [0.717, 1.165) is 28.9 Å². The van der Waals surface area contributed by atoms with Crippen molar-refractivity contribution in [3.05, 3.63) is 27.7 Å². The summed E-state index contributed by atoms with van der Waals surface area (Å²) in [4.78, 5) is 12.0. The maximum absolute atomic E-state index is 12.0. The first-order chi connectivity index (χ1) is 9.06. The third-order valence-electron chi connectivity index (χ3n) is 3.13. The number of nitrogens with one attached hydrogen (secondary N) is 2. The summed E-state index contributed by atoms with van der Waals surface area (Å²) in [5, 5.41) is 6.25. The average Bonchev–Trinajstić information content (AvgIpc) is 2.35. The molecular formula is C14H19BrN2O2. The van der Waals surface area contributed by atoms with Crippen LogP contribution in [0.15, 0.2) is 16.6 Å². The fraction of sp³-hybridized carbons (Fsp3) is 0.500. The molecule has 1 unspecified atom stereocenters. The molecule has 1 atom stereocenters. The summed E-state index contributed by atoms with van der Waals surface area (Å²) >= 11 is 3.50. The first-order valence-electron chi connectivity index (χ1n) is 6.44. The van der Waals surface area contributed by atoms with Crippen molar-refractivity contribution >= 4 is 27.5 Å². The van der Waals surface area contributed by atoms with Gasteiger partial charge >= 0.3 is 0 Å². The molecule has 5 heteroatoms. The van der Waals surface area contributed by atoms with Crippen molar-refractivity contribution in [3.8, 4) is 0 Å². The van der Waals surface area contributed by atoms with E-state index in [-0.39, 0.29) is 11.9 Å². The normalized spacial score (nSPS) is 19.2. The summed E-state index contributed by atoms with van der Waals surface area (Å²) in [5.74, 6) is 0.00986. The maximum Gasteiger partial charge on any atom is 0.226 e.